The average Bonchev–Trinajstić information content (AvgIpc) is 2.66. The van der Waals surface area contributed by atoms with Gasteiger partial charge in [0.2, 0.25) is 0 Å². The molecule has 144 valence electrons. The molecule has 2 aliphatic rings. The van der Waals surface area contributed by atoms with E-state index in [0.29, 0.717) is 24.1 Å². The van der Waals surface area contributed by atoms with E-state index in [1.807, 2.05) is 18.2 Å². The van der Waals surface area contributed by atoms with E-state index < -0.39 is 6.10 Å². The van der Waals surface area contributed by atoms with Crippen LogP contribution in [0.5, 0.6) is 0 Å². The van der Waals surface area contributed by atoms with Crippen LogP contribution < -0.4 is 5.73 Å². The number of Topliss-reactive ketones (excluding diaryl/α,β-unsaturated/α-hetero) is 1. The summed E-state index contributed by atoms with van der Waals surface area (Å²) < 4.78 is 0. The molecule has 1 heterocycles. The smallest absolute Gasteiger partial charge is 0.146 e. The number of piperidine rings is 1. The normalized spacial score (nSPS) is 29.0. The molecule has 1 aliphatic heterocycles. The van der Waals surface area contributed by atoms with Gasteiger partial charge in [-0.1, -0.05) is 37.5 Å². The topological polar surface area (TPSA) is 66.6 Å². The number of likely N-dealkylation sites (tertiary alicyclic amines) is 1. The van der Waals surface area contributed by atoms with Crippen LogP contribution in [0, 0.1) is 11.8 Å². The summed E-state index contributed by atoms with van der Waals surface area (Å²) in [7, 11) is 0. The van der Waals surface area contributed by atoms with Gasteiger partial charge < -0.3 is 10.8 Å². The minimum Gasteiger partial charge on any atom is -0.390 e. The number of carbonyl (C=O) groups excluding carboxylic acids is 1. The number of nitrogens with two attached hydrogens (primary N) is 1. The van der Waals surface area contributed by atoms with Crippen molar-refractivity contribution in [2.45, 2.75) is 62.1 Å². The highest BCUT2D eigenvalue weighted by Crippen LogP contribution is 2.38. The Balaban J connectivity index is 1.55. The molecule has 1 unspecified atom stereocenters. The van der Waals surface area contributed by atoms with Crippen LogP contribution in [0.15, 0.2) is 35.2 Å². The first-order valence-electron chi connectivity index (χ1n) is 9.90. The van der Waals surface area contributed by atoms with Crippen molar-refractivity contribution in [1.82, 2.24) is 4.90 Å². The first-order valence-corrected chi connectivity index (χ1v) is 10.9. The Bertz CT molecular complexity index is 583. The van der Waals surface area contributed by atoms with Gasteiger partial charge in [-0.15, -0.1) is 11.8 Å². The van der Waals surface area contributed by atoms with Gasteiger partial charge in [0.25, 0.3) is 0 Å². The molecule has 0 radical (unpaired) electrons. The van der Waals surface area contributed by atoms with Gasteiger partial charge in [0, 0.05) is 29.8 Å². The molecule has 26 heavy (non-hydrogen) atoms. The van der Waals surface area contributed by atoms with Gasteiger partial charge in [0.1, 0.15) is 5.78 Å². The predicted molar refractivity (Wildman–Crippen MR) is 107 cm³/mol. The maximum Gasteiger partial charge on any atom is 0.146 e. The van der Waals surface area contributed by atoms with Crippen molar-refractivity contribution in [2.75, 3.05) is 18.8 Å². The van der Waals surface area contributed by atoms with Gasteiger partial charge in [-0.2, -0.15) is 0 Å². The Morgan fingerprint density at radius 1 is 1.27 bits per heavy atom. The largest absolute Gasteiger partial charge is 0.390 e. The molecule has 0 aromatic heterocycles. The van der Waals surface area contributed by atoms with Crippen LogP contribution in [0.2, 0.25) is 0 Å². The number of ketones is 1. The molecular weight excluding hydrogens is 344 g/mol. The molecule has 1 aliphatic carbocycles. The van der Waals surface area contributed by atoms with Gasteiger partial charge in [-0.3, -0.25) is 9.69 Å². The molecule has 0 bridgehead atoms. The maximum absolute atomic E-state index is 12.2. The van der Waals surface area contributed by atoms with Gasteiger partial charge in [-0.05, 0) is 43.7 Å². The molecule has 5 atom stereocenters. The van der Waals surface area contributed by atoms with E-state index in [0.717, 1.165) is 13.0 Å². The lowest BCUT2D eigenvalue weighted by Gasteiger charge is -2.46. The zero-order valence-electron chi connectivity index (χ0n) is 15.7. The molecule has 5 heteroatoms. The average molecular weight is 377 g/mol. The third-order valence-corrected chi connectivity index (χ3v) is 7.23. The van der Waals surface area contributed by atoms with Crippen LogP contribution in [-0.2, 0) is 4.79 Å². The highest BCUT2D eigenvalue weighted by Gasteiger charge is 2.39. The fraction of sp³-hybridized carbons (Fsp3) is 0.667. The van der Waals surface area contributed by atoms with Gasteiger partial charge in [-0.25, -0.2) is 0 Å². The predicted octanol–water partition coefficient (Wildman–Crippen LogP) is 2.94. The minimum absolute atomic E-state index is 0.0435. The number of β-amino-alcohol motifs (C(OH)–C–C–N with tert-alkyl or cyclic N) is 1. The summed E-state index contributed by atoms with van der Waals surface area (Å²) in [6.45, 7) is 3.13. The zero-order valence-corrected chi connectivity index (χ0v) is 16.5. The highest BCUT2D eigenvalue weighted by molar-refractivity contribution is 7.99. The van der Waals surface area contributed by atoms with Gasteiger partial charge in [0.15, 0.2) is 0 Å². The van der Waals surface area contributed by atoms with Crippen LogP contribution >= 0.6 is 11.8 Å². The highest BCUT2D eigenvalue weighted by atomic mass is 32.2. The molecule has 1 saturated carbocycles. The molecule has 1 aromatic carbocycles. The number of carbonyl (C=O) groups is 1. The van der Waals surface area contributed by atoms with Crippen molar-refractivity contribution in [2.24, 2.45) is 17.6 Å². The lowest BCUT2D eigenvalue weighted by molar-refractivity contribution is -0.126. The molecule has 2 fully saturated rings. The Morgan fingerprint density at radius 2 is 1.96 bits per heavy atom. The number of aliphatic hydroxyl groups is 1. The third kappa shape index (κ3) is 5.10. The monoisotopic (exact) mass is 376 g/mol. The van der Waals surface area contributed by atoms with E-state index in [-0.39, 0.29) is 17.9 Å². The molecule has 0 amide bonds. The summed E-state index contributed by atoms with van der Waals surface area (Å²) in [5.41, 5.74) is 6.25. The number of nitrogens with zero attached hydrogens (tertiary/aromatic N) is 1. The lowest BCUT2D eigenvalue weighted by atomic mass is 9.72. The summed E-state index contributed by atoms with van der Waals surface area (Å²) in [6.07, 6.45) is 5.48. The Hall–Kier alpha value is -0.880. The molecule has 4 nitrogen and oxygen atoms in total. The second kappa shape index (κ2) is 9.36. The fourth-order valence-electron chi connectivity index (χ4n) is 4.52. The number of fused-ring (bicyclic) bond motifs is 1. The summed E-state index contributed by atoms with van der Waals surface area (Å²) >= 11 is 1.67. The van der Waals surface area contributed by atoms with E-state index in [4.69, 9.17) is 5.73 Å². The summed E-state index contributed by atoms with van der Waals surface area (Å²) in [4.78, 5) is 15.6. The van der Waals surface area contributed by atoms with Crippen molar-refractivity contribution in [3.05, 3.63) is 30.3 Å². The maximum atomic E-state index is 12.2. The second-order valence-electron chi connectivity index (χ2n) is 7.98. The van der Waals surface area contributed by atoms with Crippen molar-refractivity contribution in [3.8, 4) is 0 Å². The van der Waals surface area contributed by atoms with Gasteiger partial charge >= 0.3 is 0 Å². The number of aliphatic hydroxyl groups excluding tert-OH is 1. The van der Waals surface area contributed by atoms with Crippen LogP contribution in [0.3, 0.4) is 0 Å². The molecule has 3 N–H and O–H groups in total. The number of hydrogen-bond donors (Lipinski definition) is 2. The van der Waals surface area contributed by atoms with Crippen LogP contribution in [-0.4, -0.2) is 52.8 Å². The Labute approximate surface area is 161 Å². The zero-order chi connectivity index (χ0) is 18.5. The van der Waals surface area contributed by atoms with Crippen molar-refractivity contribution in [3.63, 3.8) is 0 Å². The standard InChI is InChI=1S/C21H32N2O2S/c1-15(24)20-11-16-7-5-6-8-17(16)12-23(20)13-21(25)19(22)14-26-18-9-3-2-4-10-18/h2-4,9-10,16-17,19-21,25H,5-8,11-14,22H2,1H3/t16-,17+,19?,20-,21+/m0/s1. The number of hydrogen-bond acceptors (Lipinski definition) is 5. The van der Waals surface area contributed by atoms with Crippen LogP contribution in [0.1, 0.15) is 39.0 Å². The van der Waals surface area contributed by atoms with E-state index in [1.54, 1.807) is 18.7 Å². The van der Waals surface area contributed by atoms with E-state index in [9.17, 15) is 9.90 Å². The first-order chi connectivity index (χ1) is 12.5. The van der Waals surface area contributed by atoms with Crippen molar-refractivity contribution in [1.29, 1.82) is 0 Å². The molecule has 0 spiro atoms. The summed E-state index contributed by atoms with van der Waals surface area (Å²) in [5, 5.41) is 10.7. The van der Waals surface area contributed by atoms with Crippen molar-refractivity contribution >= 4 is 17.5 Å². The van der Waals surface area contributed by atoms with E-state index >= 15 is 0 Å². The summed E-state index contributed by atoms with van der Waals surface area (Å²) in [6, 6.07) is 9.80. The first kappa shape index (κ1) is 19.9. The summed E-state index contributed by atoms with van der Waals surface area (Å²) in [5.74, 6) is 2.28. The SMILES string of the molecule is CC(=O)[C@@H]1C[C@@H]2CCCC[C@@H]2CN1C[C@@H](O)C(N)CSc1ccccc1. The second-order valence-corrected chi connectivity index (χ2v) is 9.07. The number of rotatable bonds is 7. The van der Waals surface area contributed by atoms with Gasteiger partial charge in [0.05, 0.1) is 12.1 Å². The quantitative estimate of drug-likeness (QED) is 0.716. The van der Waals surface area contributed by atoms with Crippen LogP contribution in [0.4, 0.5) is 0 Å². The number of benzene rings is 1. The van der Waals surface area contributed by atoms with Crippen molar-refractivity contribution < 1.29 is 9.90 Å². The Kier molecular flexibility index (Phi) is 7.15. The lowest BCUT2D eigenvalue weighted by Crippen LogP contribution is -2.55. The fourth-order valence-corrected chi connectivity index (χ4v) is 5.48. The number of thioether (sulfide) groups is 1. The van der Waals surface area contributed by atoms with E-state index in [1.165, 1.54) is 30.6 Å². The molecule has 1 saturated heterocycles. The molecule has 1 aromatic rings. The third-order valence-electron chi connectivity index (χ3n) is 6.07. The minimum atomic E-state index is -0.604. The Morgan fingerprint density at radius 3 is 2.65 bits per heavy atom. The molecular formula is C21H32N2O2S. The van der Waals surface area contributed by atoms with Crippen LogP contribution in [0.25, 0.3) is 0 Å². The van der Waals surface area contributed by atoms with E-state index in [2.05, 4.69) is 17.0 Å². The molecule has 3 rings (SSSR count).